The molecular weight excluding hydrogens is 477 g/mol. The van der Waals surface area contributed by atoms with E-state index in [4.69, 9.17) is 16.3 Å². The molecule has 178 valence electrons. The fourth-order valence-corrected chi connectivity index (χ4v) is 3.06. The second kappa shape index (κ2) is 9.35. The molecule has 0 amide bonds. The summed E-state index contributed by atoms with van der Waals surface area (Å²) in [6.07, 6.45) is -6.63. The molecule has 3 rings (SSSR count). The number of aliphatic hydroxyl groups is 1. The van der Waals surface area contributed by atoms with E-state index in [0.29, 0.717) is 17.7 Å². The van der Waals surface area contributed by atoms with E-state index in [1.54, 1.807) is 6.92 Å². The lowest BCUT2D eigenvalue weighted by Crippen LogP contribution is -2.32. The molecule has 0 aliphatic rings. The second-order valence-electron chi connectivity index (χ2n) is 6.69. The van der Waals surface area contributed by atoms with Gasteiger partial charge in [0.05, 0.1) is 5.02 Å². The first-order valence-electron chi connectivity index (χ1n) is 9.42. The van der Waals surface area contributed by atoms with E-state index in [1.807, 2.05) is 0 Å². The topological polar surface area (TPSA) is 98.0 Å². The van der Waals surface area contributed by atoms with Crippen LogP contribution in [0.3, 0.4) is 0 Å². The third-order valence-electron chi connectivity index (χ3n) is 4.57. The van der Waals surface area contributed by atoms with Crippen molar-refractivity contribution in [3.05, 3.63) is 56.6 Å². The Morgan fingerprint density at radius 3 is 2.64 bits per heavy atom. The minimum Gasteiger partial charge on any atom is -0.475 e. The maximum Gasteiger partial charge on any atom is 0.425 e. The molecule has 0 fully saturated rings. The predicted octanol–water partition coefficient (Wildman–Crippen LogP) is 3.86. The molecule has 0 bridgehead atoms. The van der Waals surface area contributed by atoms with Gasteiger partial charge in [-0.2, -0.15) is 23.0 Å². The fraction of sp³-hybridized carbons (Fsp3) is 0.316. The number of aromatic amines is 1. The zero-order valence-corrected chi connectivity index (χ0v) is 17.9. The SMILES string of the molecule is CCn1c(CO)nn(-c2n[nH]c(/C(F)=C/c3c(F)cccc3Cl)c2O[C@@H](C)C(F)(F)F)c1=O. The lowest BCUT2D eigenvalue weighted by molar-refractivity contribution is -0.189. The number of hydrogen-bond acceptors (Lipinski definition) is 5. The Balaban J connectivity index is 2.21. The average Bonchev–Trinajstić information content (AvgIpc) is 3.30. The van der Waals surface area contributed by atoms with Gasteiger partial charge in [-0.25, -0.2) is 13.6 Å². The first kappa shape index (κ1) is 24.5. The zero-order valence-electron chi connectivity index (χ0n) is 17.1. The highest BCUT2D eigenvalue weighted by atomic mass is 35.5. The quantitative estimate of drug-likeness (QED) is 0.487. The van der Waals surface area contributed by atoms with Gasteiger partial charge in [0.25, 0.3) is 0 Å². The minimum atomic E-state index is -4.84. The van der Waals surface area contributed by atoms with Crippen LogP contribution in [0.2, 0.25) is 5.02 Å². The van der Waals surface area contributed by atoms with Crippen molar-refractivity contribution < 1.29 is 31.8 Å². The molecule has 0 spiro atoms. The van der Waals surface area contributed by atoms with E-state index in [9.17, 15) is 27.5 Å². The van der Waals surface area contributed by atoms with Gasteiger partial charge in [0.2, 0.25) is 5.82 Å². The number of aliphatic hydroxyl groups excluding tert-OH is 1. The van der Waals surface area contributed by atoms with E-state index < -0.39 is 53.5 Å². The van der Waals surface area contributed by atoms with E-state index in [-0.39, 0.29) is 23.0 Å². The molecule has 1 atom stereocenters. The molecule has 0 radical (unpaired) electrons. The van der Waals surface area contributed by atoms with Crippen molar-refractivity contribution >= 4 is 23.5 Å². The van der Waals surface area contributed by atoms with E-state index in [2.05, 4.69) is 15.3 Å². The molecule has 1 aromatic carbocycles. The van der Waals surface area contributed by atoms with Gasteiger partial charge in [0, 0.05) is 12.1 Å². The molecule has 33 heavy (non-hydrogen) atoms. The number of H-pyrrole nitrogens is 1. The predicted molar refractivity (Wildman–Crippen MR) is 108 cm³/mol. The van der Waals surface area contributed by atoms with Crippen LogP contribution in [-0.4, -0.2) is 41.9 Å². The second-order valence-corrected chi connectivity index (χ2v) is 7.10. The Morgan fingerprint density at radius 1 is 1.39 bits per heavy atom. The third-order valence-corrected chi connectivity index (χ3v) is 4.90. The van der Waals surface area contributed by atoms with Crippen molar-refractivity contribution in [1.82, 2.24) is 24.5 Å². The number of nitrogens with one attached hydrogen (secondary N) is 1. The summed E-state index contributed by atoms with van der Waals surface area (Å²) in [5.41, 5.74) is -1.92. The van der Waals surface area contributed by atoms with E-state index >= 15 is 4.39 Å². The van der Waals surface area contributed by atoms with Crippen LogP contribution in [0, 0.1) is 5.82 Å². The van der Waals surface area contributed by atoms with Crippen LogP contribution in [0.4, 0.5) is 22.0 Å². The molecule has 0 unspecified atom stereocenters. The number of ether oxygens (including phenoxy) is 1. The molecule has 8 nitrogen and oxygen atoms in total. The zero-order chi connectivity index (χ0) is 24.5. The lowest BCUT2D eigenvalue weighted by Gasteiger charge is -2.18. The van der Waals surface area contributed by atoms with Crippen LogP contribution in [0.5, 0.6) is 5.75 Å². The van der Waals surface area contributed by atoms with Crippen LogP contribution >= 0.6 is 11.6 Å². The first-order chi connectivity index (χ1) is 15.5. The molecule has 0 saturated heterocycles. The summed E-state index contributed by atoms with van der Waals surface area (Å²) in [7, 11) is 0. The van der Waals surface area contributed by atoms with Crippen molar-refractivity contribution in [3.63, 3.8) is 0 Å². The molecule has 2 heterocycles. The molecule has 0 saturated carbocycles. The van der Waals surface area contributed by atoms with Crippen molar-refractivity contribution in [2.45, 2.75) is 39.3 Å². The molecule has 0 aliphatic carbocycles. The average molecular weight is 494 g/mol. The molecule has 0 aliphatic heterocycles. The highest BCUT2D eigenvalue weighted by Crippen LogP contribution is 2.36. The summed E-state index contributed by atoms with van der Waals surface area (Å²) in [5.74, 6) is -3.63. The summed E-state index contributed by atoms with van der Waals surface area (Å²) < 4.78 is 75.2. The molecule has 3 aromatic rings. The Bertz CT molecular complexity index is 1230. The van der Waals surface area contributed by atoms with Crippen LogP contribution in [0.1, 0.15) is 30.9 Å². The van der Waals surface area contributed by atoms with Crippen molar-refractivity contribution in [2.24, 2.45) is 0 Å². The molecule has 2 aromatic heterocycles. The maximum absolute atomic E-state index is 15.1. The number of hydrogen-bond donors (Lipinski definition) is 2. The van der Waals surface area contributed by atoms with Gasteiger partial charge in [0.1, 0.15) is 18.1 Å². The van der Waals surface area contributed by atoms with Crippen molar-refractivity contribution in [1.29, 1.82) is 0 Å². The monoisotopic (exact) mass is 493 g/mol. The Morgan fingerprint density at radius 2 is 2.09 bits per heavy atom. The van der Waals surface area contributed by atoms with Crippen LogP contribution in [0.15, 0.2) is 23.0 Å². The van der Waals surface area contributed by atoms with Gasteiger partial charge in [-0.3, -0.25) is 9.67 Å². The number of benzene rings is 1. The number of rotatable bonds is 7. The van der Waals surface area contributed by atoms with Crippen molar-refractivity contribution in [3.8, 4) is 11.6 Å². The largest absolute Gasteiger partial charge is 0.475 e. The van der Waals surface area contributed by atoms with Gasteiger partial charge in [0.15, 0.2) is 23.5 Å². The number of aromatic nitrogens is 5. The summed E-state index contributed by atoms with van der Waals surface area (Å²) >= 11 is 5.88. The van der Waals surface area contributed by atoms with Crippen LogP contribution < -0.4 is 10.4 Å². The maximum atomic E-state index is 15.1. The number of alkyl halides is 3. The van der Waals surface area contributed by atoms with Gasteiger partial charge in [-0.05, 0) is 32.1 Å². The lowest BCUT2D eigenvalue weighted by atomic mass is 10.1. The smallest absolute Gasteiger partial charge is 0.425 e. The minimum absolute atomic E-state index is 0.0845. The van der Waals surface area contributed by atoms with Crippen LogP contribution in [-0.2, 0) is 13.2 Å². The van der Waals surface area contributed by atoms with E-state index in [0.717, 1.165) is 10.6 Å². The Hall–Kier alpha value is -3.19. The molecular formula is C19H17ClF5N5O3. The third kappa shape index (κ3) is 4.78. The summed E-state index contributed by atoms with van der Waals surface area (Å²) in [5, 5.41) is 18.9. The number of halogens is 6. The summed E-state index contributed by atoms with van der Waals surface area (Å²) in [4.78, 5) is 12.6. The van der Waals surface area contributed by atoms with Crippen LogP contribution in [0.25, 0.3) is 17.7 Å². The molecule has 2 N–H and O–H groups in total. The first-order valence-corrected chi connectivity index (χ1v) is 9.80. The van der Waals surface area contributed by atoms with Gasteiger partial charge >= 0.3 is 11.9 Å². The Kier molecular flexibility index (Phi) is 6.93. The number of nitrogens with zero attached hydrogens (tertiary/aromatic N) is 4. The van der Waals surface area contributed by atoms with Gasteiger partial charge in [-0.1, -0.05) is 17.7 Å². The molecule has 14 heteroatoms. The van der Waals surface area contributed by atoms with Crippen molar-refractivity contribution in [2.75, 3.05) is 0 Å². The highest BCUT2D eigenvalue weighted by Gasteiger charge is 2.40. The summed E-state index contributed by atoms with van der Waals surface area (Å²) in [6, 6.07) is 3.59. The fourth-order valence-electron chi connectivity index (χ4n) is 2.84. The van der Waals surface area contributed by atoms with Gasteiger partial charge < -0.3 is 9.84 Å². The van der Waals surface area contributed by atoms with Gasteiger partial charge in [-0.15, -0.1) is 5.10 Å². The normalized spacial score (nSPS) is 13.4. The highest BCUT2D eigenvalue weighted by molar-refractivity contribution is 6.32. The summed E-state index contributed by atoms with van der Waals surface area (Å²) in [6.45, 7) is 1.68. The van der Waals surface area contributed by atoms with E-state index in [1.165, 1.54) is 12.1 Å². The Labute approximate surface area is 187 Å². The standard InChI is InChI=1S/C19H17ClF5N5O3/c1-3-29-14(8-31)28-30(18(29)32)17-16(33-9(2)19(23,24)25)15(26-27-17)13(22)7-10-11(20)5-4-6-12(10)21/h4-7,9,31H,3,8H2,1-2H3,(H,26,27)/b13-7-/t9-/m0/s1.